The van der Waals surface area contributed by atoms with Gasteiger partial charge in [-0.2, -0.15) is 0 Å². The second kappa shape index (κ2) is 10.4. The molecular formula is C28H22F2N4O3. The second-order valence-corrected chi connectivity index (χ2v) is 8.35. The van der Waals surface area contributed by atoms with Gasteiger partial charge in [0, 0.05) is 18.0 Å². The fourth-order valence-electron chi connectivity index (χ4n) is 4.01. The summed E-state index contributed by atoms with van der Waals surface area (Å²) in [6.45, 7) is 0.0467. The first-order valence-electron chi connectivity index (χ1n) is 11.5. The normalized spacial score (nSPS) is 12.5. The summed E-state index contributed by atoms with van der Waals surface area (Å²) in [6.07, 6.45) is 1.63. The average Bonchev–Trinajstić information content (AvgIpc) is 2.91. The molecule has 3 aromatic carbocycles. The third-order valence-electron chi connectivity index (χ3n) is 5.94. The number of carbonyl (C=O) groups excluding carboxylic acids is 2. The number of ether oxygens (including phenoxy) is 1. The van der Waals surface area contributed by atoms with Gasteiger partial charge in [-0.1, -0.05) is 30.3 Å². The summed E-state index contributed by atoms with van der Waals surface area (Å²) in [7, 11) is 0. The Morgan fingerprint density at radius 1 is 1.00 bits per heavy atom. The van der Waals surface area contributed by atoms with Gasteiger partial charge in [-0.25, -0.2) is 13.6 Å². The smallest absolute Gasteiger partial charge is 0.326 e. The molecular weight excluding hydrogens is 478 g/mol. The Labute approximate surface area is 211 Å². The van der Waals surface area contributed by atoms with Crippen molar-refractivity contribution in [1.82, 2.24) is 10.3 Å². The molecule has 186 valence electrons. The van der Waals surface area contributed by atoms with E-state index in [9.17, 15) is 18.4 Å². The molecule has 2 heterocycles. The molecule has 0 saturated carbocycles. The van der Waals surface area contributed by atoms with Crippen LogP contribution in [-0.2, 0) is 19.7 Å². The topological polar surface area (TPSA) is 83.6 Å². The molecule has 1 aliphatic heterocycles. The average molecular weight is 501 g/mol. The number of anilines is 2. The van der Waals surface area contributed by atoms with Gasteiger partial charge in [-0.15, -0.1) is 0 Å². The van der Waals surface area contributed by atoms with Crippen molar-refractivity contribution in [3.05, 3.63) is 119 Å². The van der Waals surface area contributed by atoms with E-state index in [4.69, 9.17) is 4.74 Å². The first kappa shape index (κ1) is 23.9. The van der Waals surface area contributed by atoms with Crippen molar-refractivity contribution < 1.29 is 23.1 Å². The van der Waals surface area contributed by atoms with Crippen molar-refractivity contribution in [2.45, 2.75) is 19.7 Å². The monoisotopic (exact) mass is 500 g/mol. The lowest BCUT2D eigenvalue weighted by molar-refractivity contribution is 0.0951. The van der Waals surface area contributed by atoms with Crippen LogP contribution >= 0.6 is 0 Å². The molecule has 0 fully saturated rings. The maximum absolute atomic E-state index is 14.1. The van der Waals surface area contributed by atoms with Gasteiger partial charge < -0.3 is 15.4 Å². The van der Waals surface area contributed by atoms with Crippen LogP contribution in [0.15, 0.2) is 85.1 Å². The summed E-state index contributed by atoms with van der Waals surface area (Å²) in [4.78, 5) is 31.8. The van der Waals surface area contributed by atoms with Crippen LogP contribution in [0.25, 0.3) is 0 Å². The second-order valence-electron chi connectivity index (χ2n) is 8.35. The third-order valence-corrected chi connectivity index (χ3v) is 5.94. The number of para-hydroxylation sites is 1. The molecule has 0 spiro atoms. The highest BCUT2D eigenvalue weighted by molar-refractivity contribution is 6.09. The van der Waals surface area contributed by atoms with E-state index in [0.717, 1.165) is 17.7 Å². The highest BCUT2D eigenvalue weighted by atomic mass is 19.1. The number of fused-ring (bicyclic) bond motifs is 1. The molecule has 5 rings (SSSR count). The van der Waals surface area contributed by atoms with E-state index in [1.165, 1.54) is 29.2 Å². The molecule has 0 atom stereocenters. The van der Waals surface area contributed by atoms with Crippen LogP contribution < -0.4 is 20.3 Å². The highest BCUT2D eigenvalue weighted by Gasteiger charge is 2.28. The van der Waals surface area contributed by atoms with Gasteiger partial charge in [0.2, 0.25) is 0 Å². The van der Waals surface area contributed by atoms with Crippen molar-refractivity contribution in [3.63, 3.8) is 0 Å². The molecule has 1 aliphatic rings. The number of rotatable bonds is 7. The first-order valence-corrected chi connectivity index (χ1v) is 11.5. The van der Waals surface area contributed by atoms with E-state index in [0.29, 0.717) is 11.4 Å². The Balaban J connectivity index is 1.45. The van der Waals surface area contributed by atoms with Gasteiger partial charge in [0.05, 0.1) is 35.6 Å². The number of pyridine rings is 1. The molecule has 0 bridgehead atoms. The maximum atomic E-state index is 14.1. The molecule has 3 amide bonds. The number of nitrogens with one attached hydrogen (secondary N) is 2. The lowest BCUT2D eigenvalue weighted by atomic mass is 10.1. The Hall–Kier alpha value is -4.79. The quantitative estimate of drug-likeness (QED) is 0.355. The molecule has 0 unspecified atom stereocenters. The number of hydrogen-bond acceptors (Lipinski definition) is 4. The van der Waals surface area contributed by atoms with Gasteiger partial charge in [-0.3, -0.25) is 14.7 Å². The maximum Gasteiger partial charge on any atom is 0.326 e. The van der Waals surface area contributed by atoms with E-state index in [1.54, 1.807) is 24.4 Å². The summed E-state index contributed by atoms with van der Waals surface area (Å²) in [6, 6.07) is 20.5. The Morgan fingerprint density at radius 3 is 2.57 bits per heavy atom. The number of urea groups is 1. The predicted octanol–water partition coefficient (Wildman–Crippen LogP) is 5.42. The van der Waals surface area contributed by atoms with Crippen molar-refractivity contribution in [2.24, 2.45) is 0 Å². The number of carbonyl (C=O) groups is 2. The molecule has 1 aromatic heterocycles. The molecule has 0 aliphatic carbocycles. The molecule has 2 N–H and O–H groups in total. The van der Waals surface area contributed by atoms with Gasteiger partial charge in [0.25, 0.3) is 5.91 Å². The number of hydrogen-bond donors (Lipinski definition) is 2. The van der Waals surface area contributed by atoms with Crippen LogP contribution in [0.2, 0.25) is 0 Å². The Bertz CT molecular complexity index is 1440. The largest absolute Gasteiger partial charge is 0.489 e. The van der Waals surface area contributed by atoms with E-state index >= 15 is 0 Å². The van der Waals surface area contributed by atoms with Crippen LogP contribution in [0.4, 0.5) is 25.0 Å². The molecule has 0 radical (unpaired) electrons. The van der Waals surface area contributed by atoms with Crippen LogP contribution in [0, 0.1) is 11.6 Å². The SMILES string of the molecule is O=C(NCc1ccccn1)c1ccc(OCc2c(F)cccc2F)cc1N1Cc2ccccc2NC1=O. The Kier molecular flexibility index (Phi) is 6.76. The van der Waals surface area contributed by atoms with E-state index < -0.39 is 23.6 Å². The molecule has 4 aromatic rings. The minimum Gasteiger partial charge on any atom is -0.489 e. The fraction of sp³-hybridized carbons (Fsp3) is 0.107. The number of nitrogens with zero attached hydrogens (tertiary/aromatic N) is 2. The van der Waals surface area contributed by atoms with E-state index in [-0.39, 0.29) is 42.3 Å². The number of aromatic nitrogens is 1. The molecule has 7 nitrogen and oxygen atoms in total. The summed E-state index contributed by atoms with van der Waals surface area (Å²) < 4.78 is 33.8. The van der Waals surface area contributed by atoms with Crippen molar-refractivity contribution in [1.29, 1.82) is 0 Å². The Morgan fingerprint density at radius 2 is 1.78 bits per heavy atom. The zero-order valence-electron chi connectivity index (χ0n) is 19.6. The van der Waals surface area contributed by atoms with Crippen LogP contribution in [-0.4, -0.2) is 16.9 Å². The third kappa shape index (κ3) is 5.25. The standard InChI is InChI=1S/C28H22F2N4O3/c29-23-8-5-9-24(30)22(23)17-37-20-11-12-21(27(35)32-15-19-7-3-4-13-31-19)26(14-20)34-16-18-6-1-2-10-25(18)33-28(34)36/h1-14H,15-17H2,(H,32,35)(H,33,36). The minimum atomic E-state index is -0.724. The van der Waals surface area contributed by atoms with Crippen LogP contribution in [0.1, 0.15) is 27.2 Å². The number of halogens is 2. The summed E-state index contributed by atoms with van der Waals surface area (Å²) in [5.41, 5.74) is 2.53. The number of amides is 3. The van der Waals surface area contributed by atoms with Crippen LogP contribution in [0.3, 0.4) is 0 Å². The zero-order chi connectivity index (χ0) is 25.8. The highest BCUT2D eigenvalue weighted by Crippen LogP contribution is 2.33. The first-order chi connectivity index (χ1) is 18.0. The van der Waals surface area contributed by atoms with Gasteiger partial charge in [0.15, 0.2) is 0 Å². The lowest BCUT2D eigenvalue weighted by Gasteiger charge is -2.31. The van der Waals surface area contributed by atoms with Crippen LogP contribution in [0.5, 0.6) is 5.75 Å². The van der Waals surface area contributed by atoms with Crippen molar-refractivity contribution in [3.8, 4) is 5.75 Å². The zero-order valence-corrected chi connectivity index (χ0v) is 19.6. The summed E-state index contributed by atoms with van der Waals surface area (Å²) in [5.74, 6) is -1.62. The molecule has 0 saturated heterocycles. The molecule has 37 heavy (non-hydrogen) atoms. The van der Waals surface area contributed by atoms with Gasteiger partial charge in [-0.05, 0) is 48.0 Å². The van der Waals surface area contributed by atoms with E-state index in [2.05, 4.69) is 15.6 Å². The molecule has 9 heteroatoms. The van der Waals surface area contributed by atoms with Crippen molar-refractivity contribution in [2.75, 3.05) is 10.2 Å². The van der Waals surface area contributed by atoms with Crippen molar-refractivity contribution >= 4 is 23.3 Å². The lowest BCUT2D eigenvalue weighted by Crippen LogP contribution is -2.40. The van der Waals surface area contributed by atoms with Gasteiger partial charge >= 0.3 is 6.03 Å². The summed E-state index contributed by atoms with van der Waals surface area (Å²) in [5, 5.41) is 5.65. The minimum absolute atomic E-state index is 0.193. The fourth-order valence-corrected chi connectivity index (χ4v) is 4.01. The van der Waals surface area contributed by atoms with E-state index in [1.807, 2.05) is 24.3 Å². The predicted molar refractivity (Wildman–Crippen MR) is 134 cm³/mol. The summed E-state index contributed by atoms with van der Waals surface area (Å²) >= 11 is 0. The van der Waals surface area contributed by atoms with Gasteiger partial charge in [0.1, 0.15) is 24.0 Å². The number of benzene rings is 3.